The molecule has 0 aliphatic carbocycles. The molecule has 0 unspecified atom stereocenters. The number of nitrogens with two attached hydrogens (primary N) is 1. The quantitative estimate of drug-likeness (QED) is 0.631. The lowest BCUT2D eigenvalue weighted by atomic mass is 10.1. The zero-order valence-electron chi connectivity index (χ0n) is 16.7. The molecule has 3 aromatic rings. The SMILES string of the molecule is COC(=O)c1cc2c(CN3CCC[C@H]3C(N)=O)cn(Cc3ccc(F)cc3)c2cn1. The van der Waals surface area contributed by atoms with Crippen molar-refractivity contribution in [3.05, 3.63) is 65.4 Å². The second kappa shape index (κ2) is 8.23. The number of hydrogen-bond donors (Lipinski definition) is 1. The molecule has 1 atom stereocenters. The van der Waals surface area contributed by atoms with Crippen LogP contribution in [-0.4, -0.2) is 46.0 Å². The van der Waals surface area contributed by atoms with Gasteiger partial charge in [-0.3, -0.25) is 9.69 Å². The summed E-state index contributed by atoms with van der Waals surface area (Å²) < 4.78 is 20.1. The normalized spacial score (nSPS) is 16.8. The highest BCUT2D eigenvalue weighted by Gasteiger charge is 2.29. The number of nitrogens with zero attached hydrogens (tertiary/aromatic N) is 3. The highest BCUT2D eigenvalue weighted by atomic mass is 19.1. The third-order valence-electron chi connectivity index (χ3n) is 5.58. The molecule has 7 nitrogen and oxygen atoms in total. The summed E-state index contributed by atoms with van der Waals surface area (Å²) in [5.41, 5.74) is 8.54. The number of primary amides is 1. The Bertz CT molecular complexity index is 1090. The predicted octanol–water partition coefficient (Wildman–Crippen LogP) is 2.46. The molecule has 1 amide bonds. The number of hydrogen-bond acceptors (Lipinski definition) is 5. The average Bonchev–Trinajstić information content (AvgIpc) is 3.34. The predicted molar refractivity (Wildman–Crippen MR) is 109 cm³/mol. The average molecular weight is 410 g/mol. The Morgan fingerprint density at radius 3 is 2.73 bits per heavy atom. The second-order valence-corrected chi connectivity index (χ2v) is 7.52. The van der Waals surface area contributed by atoms with Gasteiger partial charge in [0, 0.05) is 24.7 Å². The number of ether oxygens (including phenoxy) is 1. The minimum absolute atomic E-state index is 0.221. The van der Waals surface area contributed by atoms with Crippen LogP contribution in [0.25, 0.3) is 10.9 Å². The van der Waals surface area contributed by atoms with Gasteiger partial charge in [0.1, 0.15) is 11.5 Å². The highest BCUT2D eigenvalue weighted by Crippen LogP contribution is 2.27. The van der Waals surface area contributed by atoms with Gasteiger partial charge < -0.3 is 15.0 Å². The fourth-order valence-electron chi connectivity index (χ4n) is 4.08. The van der Waals surface area contributed by atoms with Crippen molar-refractivity contribution in [3.8, 4) is 0 Å². The highest BCUT2D eigenvalue weighted by molar-refractivity contribution is 5.93. The first kappa shape index (κ1) is 20.0. The largest absolute Gasteiger partial charge is 0.464 e. The van der Waals surface area contributed by atoms with Gasteiger partial charge >= 0.3 is 5.97 Å². The minimum atomic E-state index is -0.509. The number of rotatable bonds is 6. The Balaban J connectivity index is 1.73. The third kappa shape index (κ3) is 3.91. The molecule has 0 saturated carbocycles. The molecule has 2 N–H and O–H groups in total. The van der Waals surface area contributed by atoms with E-state index >= 15 is 0 Å². The van der Waals surface area contributed by atoms with Gasteiger partial charge in [0.25, 0.3) is 0 Å². The third-order valence-corrected chi connectivity index (χ3v) is 5.58. The molecular weight excluding hydrogens is 387 g/mol. The lowest BCUT2D eigenvalue weighted by molar-refractivity contribution is -0.122. The van der Waals surface area contributed by atoms with Crippen molar-refractivity contribution >= 4 is 22.8 Å². The van der Waals surface area contributed by atoms with Gasteiger partial charge in [-0.25, -0.2) is 14.2 Å². The van der Waals surface area contributed by atoms with Crippen LogP contribution in [-0.2, 0) is 22.6 Å². The first-order valence-corrected chi connectivity index (χ1v) is 9.80. The van der Waals surface area contributed by atoms with Crippen LogP contribution in [0.1, 0.15) is 34.5 Å². The summed E-state index contributed by atoms with van der Waals surface area (Å²) in [6, 6.07) is 7.76. The molecule has 156 valence electrons. The van der Waals surface area contributed by atoms with Crippen LogP contribution in [0.5, 0.6) is 0 Å². The molecule has 1 aromatic carbocycles. The number of halogens is 1. The summed E-state index contributed by atoms with van der Waals surface area (Å²) in [6.07, 6.45) is 5.30. The van der Waals surface area contributed by atoms with Crippen LogP contribution < -0.4 is 5.73 Å². The standard InChI is InChI=1S/C22H23FN4O3/c1-30-22(29)18-9-17-15(12-26-8-2-3-19(26)21(24)28)13-27(20(17)10-25-18)11-14-4-6-16(23)7-5-14/h4-7,9-10,13,19H,2-3,8,11-12H2,1H3,(H2,24,28)/t19-/m0/s1. The molecular formula is C22H23FN4O3. The maximum absolute atomic E-state index is 13.3. The molecule has 1 aliphatic rings. The van der Waals surface area contributed by atoms with E-state index in [0.29, 0.717) is 13.1 Å². The van der Waals surface area contributed by atoms with Crippen LogP contribution in [0.3, 0.4) is 0 Å². The van der Waals surface area contributed by atoms with Crippen molar-refractivity contribution in [1.29, 1.82) is 0 Å². The first-order chi connectivity index (χ1) is 14.5. The summed E-state index contributed by atoms with van der Waals surface area (Å²) in [5.74, 6) is -1.11. The smallest absolute Gasteiger partial charge is 0.356 e. The van der Waals surface area contributed by atoms with Crippen LogP contribution in [0, 0.1) is 5.82 Å². The fraction of sp³-hybridized carbons (Fsp3) is 0.318. The van der Waals surface area contributed by atoms with Gasteiger partial charge in [-0.1, -0.05) is 12.1 Å². The number of carbonyl (C=O) groups is 2. The maximum Gasteiger partial charge on any atom is 0.356 e. The summed E-state index contributed by atoms with van der Waals surface area (Å²) >= 11 is 0. The van der Waals surface area contributed by atoms with Crippen molar-refractivity contribution < 1.29 is 18.7 Å². The Morgan fingerprint density at radius 1 is 1.27 bits per heavy atom. The van der Waals surface area contributed by atoms with E-state index in [1.807, 2.05) is 10.8 Å². The number of esters is 1. The zero-order valence-corrected chi connectivity index (χ0v) is 16.7. The number of aromatic nitrogens is 2. The van der Waals surface area contributed by atoms with E-state index in [0.717, 1.165) is 41.4 Å². The van der Waals surface area contributed by atoms with E-state index in [2.05, 4.69) is 9.88 Å². The molecule has 0 bridgehead atoms. The number of amides is 1. The van der Waals surface area contributed by atoms with Crippen molar-refractivity contribution in [2.45, 2.75) is 32.0 Å². The van der Waals surface area contributed by atoms with Crippen LogP contribution in [0.15, 0.2) is 42.7 Å². The summed E-state index contributed by atoms with van der Waals surface area (Å²) in [6.45, 7) is 1.84. The molecule has 3 heterocycles. The topological polar surface area (TPSA) is 90.5 Å². The molecule has 0 radical (unpaired) electrons. The summed E-state index contributed by atoms with van der Waals surface area (Å²) in [5, 5.41) is 0.864. The van der Waals surface area contributed by atoms with Gasteiger partial charge in [0.05, 0.1) is 24.9 Å². The molecule has 0 spiro atoms. The number of likely N-dealkylation sites (tertiary alicyclic amines) is 1. The Morgan fingerprint density at radius 2 is 2.03 bits per heavy atom. The van der Waals surface area contributed by atoms with Gasteiger partial charge in [0.2, 0.25) is 5.91 Å². The van der Waals surface area contributed by atoms with Crippen LogP contribution >= 0.6 is 0 Å². The Hall–Kier alpha value is -3.26. The molecule has 1 aliphatic heterocycles. The molecule has 1 saturated heterocycles. The summed E-state index contributed by atoms with van der Waals surface area (Å²) in [7, 11) is 1.32. The van der Waals surface area contributed by atoms with E-state index in [9.17, 15) is 14.0 Å². The van der Waals surface area contributed by atoms with Crippen LogP contribution in [0.4, 0.5) is 4.39 Å². The van der Waals surface area contributed by atoms with Crippen molar-refractivity contribution in [1.82, 2.24) is 14.5 Å². The second-order valence-electron chi connectivity index (χ2n) is 7.52. The van der Waals surface area contributed by atoms with E-state index in [-0.39, 0.29) is 23.5 Å². The van der Waals surface area contributed by atoms with Gasteiger partial charge in [0.15, 0.2) is 0 Å². The first-order valence-electron chi connectivity index (χ1n) is 9.80. The molecule has 8 heteroatoms. The molecule has 4 rings (SSSR count). The van der Waals surface area contributed by atoms with Crippen LogP contribution in [0.2, 0.25) is 0 Å². The van der Waals surface area contributed by atoms with E-state index < -0.39 is 5.97 Å². The number of methoxy groups -OCH3 is 1. The Labute approximate surface area is 173 Å². The lowest BCUT2D eigenvalue weighted by Crippen LogP contribution is -2.39. The van der Waals surface area contributed by atoms with Gasteiger partial charge in [-0.2, -0.15) is 0 Å². The van der Waals surface area contributed by atoms with Crippen molar-refractivity contribution in [3.63, 3.8) is 0 Å². The van der Waals surface area contributed by atoms with E-state index in [4.69, 9.17) is 10.5 Å². The number of fused-ring (bicyclic) bond motifs is 1. The monoisotopic (exact) mass is 410 g/mol. The molecule has 1 fully saturated rings. The summed E-state index contributed by atoms with van der Waals surface area (Å²) in [4.78, 5) is 30.1. The van der Waals surface area contributed by atoms with Gasteiger partial charge in [-0.05, 0) is 48.7 Å². The number of carbonyl (C=O) groups excluding carboxylic acids is 2. The maximum atomic E-state index is 13.3. The zero-order chi connectivity index (χ0) is 21.3. The lowest BCUT2D eigenvalue weighted by Gasteiger charge is -2.21. The molecule has 2 aromatic heterocycles. The minimum Gasteiger partial charge on any atom is -0.464 e. The van der Waals surface area contributed by atoms with E-state index in [1.54, 1.807) is 24.4 Å². The number of pyridine rings is 1. The molecule has 30 heavy (non-hydrogen) atoms. The van der Waals surface area contributed by atoms with Crippen molar-refractivity contribution in [2.24, 2.45) is 5.73 Å². The number of benzene rings is 1. The Kier molecular flexibility index (Phi) is 5.50. The van der Waals surface area contributed by atoms with E-state index in [1.165, 1.54) is 19.2 Å². The van der Waals surface area contributed by atoms with Crippen molar-refractivity contribution in [2.75, 3.05) is 13.7 Å². The van der Waals surface area contributed by atoms with Gasteiger partial charge in [-0.15, -0.1) is 0 Å². The fourth-order valence-corrected chi connectivity index (χ4v) is 4.08.